The number of aliphatic imine (C=N–C) groups is 1. The first kappa shape index (κ1) is 17.3. The SMILES string of the molecule is CCNC(=NCc1cccc(F)c1)NC1CCN(c2ccccc2)C1. The Morgan fingerprint density at radius 3 is 2.80 bits per heavy atom. The lowest BCUT2D eigenvalue weighted by Crippen LogP contribution is -2.44. The summed E-state index contributed by atoms with van der Waals surface area (Å²) >= 11 is 0. The van der Waals surface area contributed by atoms with E-state index < -0.39 is 0 Å². The molecule has 0 bridgehead atoms. The van der Waals surface area contributed by atoms with E-state index >= 15 is 0 Å². The molecule has 25 heavy (non-hydrogen) atoms. The van der Waals surface area contributed by atoms with Gasteiger partial charge in [0.05, 0.1) is 6.54 Å². The number of guanidine groups is 1. The monoisotopic (exact) mass is 340 g/mol. The van der Waals surface area contributed by atoms with Crippen LogP contribution in [0, 0.1) is 5.82 Å². The second-order valence-corrected chi connectivity index (χ2v) is 6.24. The minimum atomic E-state index is -0.222. The third-order valence-electron chi connectivity index (χ3n) is 4.30. The highest BCUT2D eigenvalue weighted by molar-refractivity contribution is 5.80. The topological polar surface area (TPSA) is 39.7 Å². The van der Waals surface area contributed by atoms with Gasteiger partial charge in [0.2, 0.25) is 0 Å². The van der Waals surface area contributed by atoms with Crippen LogP contribution in [0.4, 0.5) is 10.1 Å². The highest BCUT2D eigenvalue weighted by Gasteiger charge is 2.23. The number of halogens is 1. The molecule has 4 nitrogen and oxygen atoms in total. The van der Waals surface area contributed by atoms with Crippen LogP contribution in [0.15, 0.2) is 59.6 Å². The van der Waals surface area contributed by atoms with Crippen LogP contribution in [-0.4, -0.2) is 31.6 Å². The van der Waals surface area contributed by atoms with Crippen molar-refractivity contribution >= 4 is 11.6 Å². The van der Waals surface area contributed by atoms with Gasteiger partial charge in [-0.1, -0.05) is 30.3 Å². The maximum absolute atomic E-state index is 13.3. The summed E-state index contributed by atoms with van der Waals surface area (Å²) in [6.07, 6.45) is 1.07. The van der Waals surface area contributed by atoms with Gasteiger partial charge in [-0.25, -0.2) is 9.38 Å². The molecule has 132 valence electrons. The minimum Gasteiger partial charge on any atom is -0.369 e. The van der Waals surface area contributed by atoms with Crippen molar-refractivity contribution in [3.05, 3.63) is 66.0 Å². The van der Waals surface area contributed by atoms with Crippen LogP contribution in [0.5, 0.6) is 0 Å². The number of anilines is 1. The van der Waals surface area contributed by atoms with E-state index in [1.54, 1.807) is 6.07 Å². The lowest BCUT2D eigenvalue weighted by atomic mass is 10.2. The highest BCUT2D eigenvalue weighted by atomic mass is 19.1. The molecule has 1 saturated heterocycles. The molecule has 0 aliphatic carbocycles. The number of hydrogen-bond donors (Lipinski definition) is 2. The van der Waals surface area contributed by atoms with E-state index in [0.29, 0.717) is 12.6 Å². The zero-order chi connectivity index (χ0) is 17.5. The molecule has 1 unspecified atom stereocenters. The zero-order valence-corrected chi connectivity index (χ0v) is 14.6. The van der Waals surface area contributed by atoms with E-state index in [2.05, 4.69) is 44.8 Å². The molecule has 0 aromatic heterocycles. The van der Waals surface area contributed by atoms with Crippen molar-refractivity contribution in [1.29, 1.82) is 0 Å². The summed E-state index contributed by atoms with van der Waals surface area (Å²) in [4.78, 5) is 6.98. The summed E-state index contributed by atoms with van der Waals surface area (Å²) in [7, 11) is 0. The van der Waals surface area contributed by atoms with E-state index in [9.17, 15) is 4.39 Å². The first-order chi connectivity index (χ1) is 12.2. The fraction of sp³-hybridized carbons (Fsp3) is 0.350. The number of hydrogen-bond acceptors (Lipinski definition) is 2. The van der Waals surface area contributed by atoms with Crippen molar-refractivity contribution in [3.8, 4) is 0 Å². The molecule has 2 aromatic carbocycles. The molecular weight excluding hydrogens is 315 g/mol. The van der Waals surface area contributed by atoms with Gasteiger partial charge in [0, 0.05) is 31.4 Å². The van der Waals surface area contributed by atoms with E-state index in [1.165, 1.54) is 17.8 Å². The van der Waals surface area contributed by atoms with Crippen molar-refractivity contribution < 1.29 is 4.39 Å². The Morgan fingerprint density at radius 1 is 1.20 bits per heavy atom. The van der Waals surface area contributed by atoms with Gasteiger partial charge >= 0.3 is 0 Å². The van der Waals surface area contributed by atoms with Crippen molar-refractivity contribution in [1.82, 2.24) is 10.6 Å². The molecule has 2 aromatic rings. The average Bonchev–Trinajstić information content (AvgIpc) is 3.09. The Balaban J connectivity index is 1.59. The van der Waals surface area contributed by atoms with E-state index in [-0.39, 0.29) is 5.82 Å². The molecule has 5 heteroatoms. The lowest BCUT2D eigenvalue weighted by Gasteiger charge is -2.20. The van der Waals surface area contributed by atoms with E-state index in [0.717, 1.165) is 37.6 Å². The van der Waals surface area contributed by atoms with Gasteiger partial charge in [0.15, 0.2) is 5.96 Å². The van der Waals surface area contributed by atoms with E-state index in [4.69, 9.17) is 0 Å². The second kappa shape index (κ2) is 8.51. The molecule has 0 saturated carbocycles. The number of benzene rings is 2. The predicted octanol–water partition coefficient (Wildman–Crippen LogP) is 3.16. The number of para-hydroxylation sites is 1. The summed E-state index contributed by atoms with van der Waals surface area (Å²) < 4.78 is 13.3. The third kappa shape index (κ3) is 4.95. The average molecular weight is 340 g/mol. The van der Waals surface area contributed by atoms with Crippen molar-refractivity contribution in [2.75, 3.05) is 24.5 Å². The number of nitrogens with zero attached hydrogens (tertiary/aromatic N) is 2. The molecule has 1 heterocycles. The summed E-state index contributed by atoms with van der Waals surface area (Å²) in [6, 6.07) is 17.4. The van der Waals surface area contributed by atoms with Crippen LogP contribution < -0.4 is 15.5 Å². The third-order valence-corrected chi connectivity index (χ3v) is 4.30. The number of nitrogens with one attached hydrogen (secondary N) is 2. The normalized spacial score (nSPS) is 17.6. The van der Waals surface area contributed by atoms with Gasteiger partial charge < -0.3 is 15.5 Å². The maximum Gasteiger partial charge on any atom is 0.191 e. The van der Waals surface area contributed by atoms with Gasteiger partial charge in [0.25, 0.3) is 0 Å². The molecule has 2 N–H and O–H groups in total. The van der Waals surface area contributed by atoms with Crippen molar-refractivity contribution in [2.45, 2.75) is 25.9 Å². The predicted molar refractivity (Wildman–Crippen MR) is 101 cm³/mol. The molecule has 3 rings (SSSR count). The largest absolute Gasteiger partial charge is 0.369 e. The smallest absolute Gasteiger partial charge is 0.191 e. The van der Waals surface area contributed by atoms with Crippen molar-refractivity contribution in [2.24, 2.45) is 4.99 Å². The van der Waals surface area contributed by atoms with Crippen LogP contribution in [0.3, 0.4) is 0 Å². The van der Waals surface area contributed by atoms with Crippen molar-refractivity contribution in [3.63, 3.8) is 0 Å². The molecule has 1 aliphatic rings. The fourth-order valence-electron chi connectivity index (χ4n) is 3.07. The molecule has 1 fully saturated rings. The van der Waals surface area contributed by atoms with Crippen LogP contribution >= 0.6 is 0 Å². The standard InChI is InChI=1S/C20H25FN4/c1-2-22-20(23-14-16-7-6-8-17(21)13-16)24-18-11-12-25(15-18)19-9-4-3-5-10-19/h3-10,13,18H,2,11-12,14-15H2,1H3,(H2,22,23,24). The summed E-state index contributed by atoms with van der Waals surface area (Å²) in [5, 5.41) is 6.78. The van der Waals surface area contributed by atoms with Gasteiger partial charge in [-0.15, -0.1) is 0 Å². The van der Waals surface area contributed by atoms with Crippen LogP contribution in [0.25, 0.3) is 0 Å². The van der Waals surface area contributed by atoms with E-state index in [1.807, 2.05) is 19.1 Å². The first-order valence-electron chi connectivity index (χ1n) is 8.84. The maximum atomic E-state index is 13.3. The van der Waals surface area contributed by atoms with Crippen LogP contribution in [0.1, 0.15) is 18.9 Å². The van der Waals surface area contributed by atoms with Crippen LogP contribution in [-0.2, 0) is 6.54 Å². The Labute approximate surface area is 148 Å². The Morgan fingerprint density at radius 2 is 2.04 bits per heavy atom. The molecule has 0 spiro atoms. The minimum absolute atomic E-state index is 0.222. The summed E-state index contributed by atoms with van der Waals surface area (Å²) in [5.41, 5.74) is 2.13. The fourth-order valence-corrected chi connectivity index (χ4v) is 3.07. The second-order valence-electron chi connectivity index (χ2n) is 6.24. The Hall–Kier alpha value is -2.56. The molecule has 0 amide bonds. The highest BCUT2D eigenvalue weighted by Crippen LogP contribution is 2.19. The number of rotatable bonds is 5. The Kier molecular flexibility index (Phi) is 5.88. The van der Waals surface area contributed by atoms with Gasteiger partial charge in [-0.2, -0.15) is 0 Å². The van der Waals surface area contributed by atoms with Gasteiger partial charge in [-0.3, -0.25) is 0 Å². The summed E-state index contributed by atoms with van der Waals surface area (Å²) in [5.74, 6) is 0.562. The molecule has 1 atom stereocenters. The molecule has 0 radical (unpaired) electrons. The molecule has 1 aliphatic heterocycles. The van der Waals surface area contributed by atoms with Crippen LogP contribution in [0.2, 0.25) is 0 Å². The molecular formula is C20H25FN4. The zero-order valence-electron chi connectivity index (χ0n) is 14.6. The Bertz CT molecular complexity index is 702. The van der Waals surface area contributed by atoms with Gasteiger partial charge in [0.1, 0.15) is 5.82 Å². The quantitative estimate of drug-likeness (QED) is 0.649. The van der Waals surface area contributed by atoms with Gasteiger partial charge in [-0.05, 0) is 43.2 Å². The lowest BCUT2D eigenvalue weighted by molar-refractivity contribution is 0.625. The summed E-state index contributed by atoms with van der Waals surface area (Å²) in [6.45, 7) is 5.29. The first-order valence-corrected chi connectivity index (χ1v) is 8.84.